The van der Waals surface area contributed by atoms with Gasteiger partial charge >= 0.3 is 5.76 Å². The number of benzene rings is 1. The molecule has 1 aromatic carbocycles. The second-order valence-electron chi connectivity index (χ2n) is 5.20. The fraction of sp³-hybridized carbons (Fsp3) is 0.500. The van der Waals surface area contributed by atoms with Crippen LogP contribution in [0.5, 0.6) is 0 Å². The van der Waals surface area contributed by atoms with E-state index in [0.29, 0.717) is 10.8 Å². The smallest absolute Gasteiger partial charge is 0.408 e. The van der Waals surface area contributed by atoms with Crippen LogP contribution >= 0.6 is 11.8 Å². The van der Waals surface area contributed by atoms with Crippen LogP contribution in [0, 0.1) is 6.92 Å². The Bertz CT molecular complexity index is 638. The van der Waals surface area contributed by atoms with E-state index in [1.54, 1.807) is 0 Å². The van der Waals surface area contributed by atoms with Crippen molar-refractivity contribution in [2.45, 2.75) is 29.9 Å². The Morgan fingerprint density at radius 2 is 2.11 bits per heavy atom. The predicted molar refractivity (Wildman–Crippen MR) is 77.9 cm³/mol. The summed E-state index contributed by atoms with van der Waals surface area (Å²) >= 11 is 1.91. The molecule has 1 saturated heterocycles. The summed E-state index contributed by atoms with van der Waals surface area (Å²) in [6.07, 6.45) is 2.44. The second-order valence-corrected chi connectivity index (χ2v) is 6.54. The molecule has 0 unspecified atom stereocenters. The van der Waals surface area contributed by atoms with Crippen molar-refractivity contribution in [3.8, 4) is 0 Å². The zero-order valence-electron chi connectivity index (χ0n) is 11.2. The Morgan fingerprint density at radius 1 is 1.37 bits per heavy atom. The van der Waals surface area contributed by atoms with E-state index in [-0.39, 0.29) is 5.76 Å². The van der Waals surface area contributed by atoms with E-state index in [9.17, 15) is 4.79 Å². The van der Waals surface area contributed by atoms with Crippen LogP contribution in [0.1, 0.15) is 18.4 Å². The quantitative estimate of drug-likeness (QED) is 0.917. The highest BCUT2D eigenvalue weighted by molar-refractivity contribution is 8.00. The van der Waals surface area contributed by atoms with E-state index in [1.165, 1.54) is 17.7 Å². The van der Waals surface area contributed by atoms with Gasteiger partial charge in [-0.2, -0.15) is 0 Å². The number of nitrogens with zero attached hydrogens (tertiary/aromatic N) is 1. The highest BCUT2D eigenvalue weighted by atomic mass is 32.2. The first kappa shape index (κ1) is 12.8. The Kier molecular flexibility index (Phi) is 3.41. The van der Waals surface area contributed by atoms with Gasteiger partial charge in [-0.3, -0.25) is 4.98 Å². The second kappa shape index (κ2) is 5.06. The number of rotatable bonds is 2. The van der Waals surface area contributed by atoms with Crippen molar-refractivity contribution in [3.63, 3.8) is 0 Å². The first-order valence-corrected chi connectivity index (χ1v) is 7.49. The number of thioether (sulfide) groups is 1. The fourth-order valence-corrected chi connectivity index (χ4v) is 3.76. The summed E-state index contributed by atoms with van der Waals surface area (Å²) in [5.74, 6) is -0.375. The summed E-state index contributed by atoms with van der Waals surface area (Å²) in [4.78, 5) is 17.5. The number of H-pyrrole nitrogens is 1. The van der Waals surface area contributed by atoms with Crippen LogP contribution in [0.25, 0.3) is 11.1 Å². The van der Waals surface area contributed by atoms with Crippen molar-refractivity contribution in [1.29, 1.82) is 0 Å². The minimum absolute atomic E-state index is 0.375. The number of aromatic nitrogens is 1. The molecular formula is C14H18N2O2S. The maximum atomic E-state index is 11.2. The zero-order valence-corrected chi connectivity index (χ0v) is 12.0. The SMILES string of the molecule is Cc1c(SC2CCN(C)CC2)ccc2[nH]c(=O)oc12. The van der Waals surface area contributed by atoms with Gasteiger partial charge in [0, 0.05) is 15.7 Å². The van der Waals surface area contributed by atoms with Crippen LogP contribution in [0.3, 0.4) is 0 Å². The number of oxazole rings is 1. The van der Waals surface area contributed by atoms with Crippen molar-refractivity contribution < 1.29 is 4.42 Å². The lowest BCUT2D eigenvalue weighted by Gasteiger charge is -2.28. The summed E-state index contributed by atoms with van der Waals surface area (Å²) in [6.45, 7) is 4.35. The molecule has 1 fully saturated rings. The summed E-state index contributed by atoms with van der Waals surface area (Å²) in [5, 5.41) is 0.665. The van der Waals surface area contributed by atoms with E-state index in [1.807, 2.05) is 24.8 Å². The number of aryl methyl sites for hydroxylation is 1. The van der Waals surface area contributed by atoms with Gasteiger partial charge < -0.3 is 9.32 Å². The molecule has 0 aliphatic carbocycles. The van der Waals surface area contributed by atoms with Gasteiger partial charge in [-0.05, 0) is 52.0 Å². The van der Waals surface area contributed by atoms with Crippen LogP contribution in [-0.4, -0.2) is 35.3 Å². The third-order valence-electron chi connectivity index (χ3n) is 3.75. The number of fused-ring (bicyclic) bond motifs is 1. The van der Waals surface area contributed by atoms with Gasteiger partial charge in [0.25, 0.3) is 0 Å². The number of hydrogen-bond donors (Lipinski definition) is 1. The standard InChI is InChI=1S/C14H18N2O2S/c1-9-12(19-10-5-7-16(2)8-6-10)4-3-11-13(9)18-14(17)15-11/h3-4,10H,5-8H2,1-2H3,(H,15,17). The summed E-state index contributed by atoms with van der Waals surface area (Å²) in [6, 6.07) is 4.02. The molecule has 5 heteroatoms. The number of nitrogens with one attached hydrogen (secondary N) is 1. The Morgan fingerprint density at radius 3 is 2.84 bits per heavy atom. The molecule has 1 aliphatic heterocycles. The molecule has 1 aromatic heterocycles. The number of hydrogen-bond acceptors (Lipinski definition) is 4. The molecule has 1 N–H and O–H groups in total. The lowest BCUT2D eigenvalue weighted by molar-refractivity contribution is 0.282. The summed E-state index contributed by atoms with van der Waals surface area (Å²) in [5.41, 5.74) is 2.55. The Balaban J connectivity index is 1.84. The molecule has 0 atom stereocenters. The minimum atomic E-state index is -0.375. The van der Waals surface area contributed by atoms with Crippen LogP contribution in [0.2, 0.25) is 0 Å². The van der Waals surface area contributed by atoms with Crippen LogP contribution in [0.15, 0.2) is 26.2 Å². The third-order valence-corrected chi connectivity index (χ3v) is 5.25. The molecule has 2 heterocycles. The summed E-state index contributed by atoms with van der Waals surface area (Å²) < 4.78 is 5.21. The topological polar surface area (TPSA) is 49.2 Å². The van der Waals surface area contributed by atoms with E-state index in [0.717, 1.165) is 24.2 Å². The van der Waals surface area contributed by atoms with Gasteiger partial charge in [0.1, 0.15) is 0 Å². The van der Waals surface area contributed by atoms with Crippen LogP contribution < -0.4 is 5.76 Å². The molecule has 3 rings (SSSR count). The van der Waals surface area contributed by atoms with Gasteiger partial charge in [-0.15, -0.1) is 11.8 Å². The maximum absolute atomic E-state index is 11.2. The van der Waals surface area contributed by atoms with Gasteiger partial charge in [0.05, 0.1) is 5.52 Å². The molecule has 102 valence electrons. The van der Waals surface area contributed by atoms with Gasteiger partial charge in [-0.1, -0.05) is 0 Å². The average Bonchev–Trinajstić information content (AvgIpc) is 2.77. The van der Waals surface area contributed by atoms with Crippen LogP contribution in [0.4, 0.5) is 0 Å². The maximum Gasteiger partial charge on any atom is 0.417 e. The molecule has 0 saturated carbocycles. The lowest BCUT2D eigenvalue weighted by Crippen LogP contribution is -2.31. The van der Waals surface area contributed by atoms with Gasteiger partial charge in [-0.25, -0.2) is 4.79 Å². The Labute approximate surface area is 116 Å². The van der Waals surface area contributed by atoms with Crippen LogP contribution in [-0.2, 0) is 0 Å². The fourth-order valence-electron chi connectivity index (χ4n) is 2.54. The van der Waals surface area contributed by atoms with Gasteiger partial charge in [0.15, 0.2) is 5.58 Å². The largest absolute Gasteiger partial charge is 0.417 e. The van der Waals surface area contributed by atoms with Crippen molar-refractivity contribution in [1.82, 2.24) is 9.88 Å². The minimum Gasteiger partial charge on any atom is -0.408 e. The van der Waals surface area contributed by atoms with Crippen molar-refractivity contribution in [3.05, 3.63) is 28.2 Å². The van der Waals surface area contributed by atoms with E-state index < -0.39 is 0 Å². The molecule has 0 spiro atoms. The third kappa shape index (κ3) is 2.58. The highest BCUT2D eigenvalue weighted by Gasteiger charge is 2.19. The predicted octanol–water partition coefficient (Wildman–Crippen LogP) is 2.62. The highest BCUT2D eigenvalue weighted by Crippen LogP contribution is 2.34. The van der Waals surface area contributed by atoms with Crippen molar-refractivity contribution in [2.75, 3.05) is 20.1 Å². The molecule has 1 aliphatic rings. The molecule has 0 radical (unpaired) electrons. The van der Waals surface area contributed by atoms with E-state index >= 15 is 0 Å². The summed E-state index contributed by atoms with van der Waals surface area (Å²) in [7, 11) is 2.17. The lowest BCUT2D eigenvalue weighted by atomic mass is 10.1. The molecule has 0 amide bonds. The number of piperidine rings is 1. The van der Waals surface area contributed by atoms with Crippen molar-refractivity contribution in [2.24, 2.45) is 0 Å². The first-order valence-electron chi connectivity index (χ1n) is 6.61. The first-order chi connectivity index (χ1) is 9.13. The normalized spacial score (nSPS) is 18.2. The molecule has 2 aromatic rings. The van der Waals surface area contributed by atoms with E-state index in [4.69, 9.17) is 4.42 Å². The zero-order chi connectivity index (χ0) is 13.4. The number of likely N-dealkylation sites (tertiary alicyclic amines) is 1. The Hall–Kier alpha value is -1.20. The average molecular weight is 278 g/mol. The molecular weight excluding hydrogens is 260 g/mol. The van der Waals surface area contributed by atoms with Gasteiger partial charge in [0.2, 0.25) is 0 Å². The molecule has 19 heavy (non-hydrogen) atoms. The van der Waals surface area contributed by atoms with Crippen molar-refractivity contribution >= 4 is 22.9 Å². The molecule has 0 bridgehead atoms. The van der Waals surface area contributed by atoms with E-state index in [2.05, 4.69) is 23.0 Å². The monoisotopic (exact) mass is 278 g/mol. The molecule has 4 nitrogen and oxygen atoms in total. The number of aromatic amines is 1.